The highest BCUT2D eigenvalue weighted by Crippen LogP contribution is 2.37. The van der Waals surface area contributed by atoms with Crippen molar-refractivity contribution in [2.75, 3.05) is 23.3 Å². The Morgan fingerprint density at radius 2 is 2.12 bits per heavy atom. The molecule has 1 aliphatic carbocycles. The van der Waals surface area contributed by atoms with E-state index in [1.165, 1.54) is 28.1 Å². The van der Waals surface area contributed by atoms with E-state index >= 15 is 0 Å². The number of hydrogen-bond acceptors (Lipinski definition) is 4. The van der Waals surface area contributed by atoms with E-state index in [-0.39, 0.29) is 5.91 Å². The molecule has 0 atom stereocenters. The number of hydrogen-bond donors (Lipinski definition) is 1. The minimum absolute atomic E-state index is 0.0338. The number of nitriles is 1. The molecule has 0 saturated heterocycles. The first kappa shape index (κ1) is 17.1. The zero-order valence-corrected chi connectivity index (χ0v) is 15.9. The first-order valence-corrected chi connectivity index (χ1v) is 10.2. The summed E-state index contributed by atoms with van der Waals surface area (Å²) >= 11 is 1.59. The van der Waals surface area contributed by atoms with E-state index < -0.39 is 0 Å². The molecule has 134 valence electrons. The Morgan fingerprint density at radius 1 is 1.27 bits per heavy atom. The van der Waals surface area contributed by atoms with E-state index in [2.05, 4.69) is 41.4 Å². The van der Waals surface area contributed by atoms with Crippen LogP contribution >= 0.6 is 11.3 Å². The van der Waals surface area contributed by atoms with E-state index in [0.717, 1.165) is 49.2 Å². The zero-order chi connectivity index (χ0) is 18.1. The number of amides is 1. The van der Waals surface area contributed by atoms with Crippen LogP contribution in [0.1, 0.15) is 46.4 Å². The van der Waals surface area contributed by atoms with Gasteiger partial charge < -0.3 is 10.2 Å². The molecule has 2 aromatic rings. The topological polar surface area (TPSA) is 56.1 Å². The molecular weight excluding hydrogens is 342 g/mol. The molecule has 0 saturated carbocycles. The van der Waals surface area contributed by atoms with Crippen LogP contribution in [0.3, 0.4) is 0 Å². The second kappa shape index (κ2) is 7.13. The predicted octanol–water partition coefficient (Wildman–Crippen LogP) is 4.20. The summed E-state index contributed by atoms with van der Waals surface area (Å²) in [6.07, 6.45) is 6.45. The lowest BCUT2D eigenvalue weighted by atomic mass is 9.96. The lowest BCUT2D eigenvalue weighted by molar-refractivity contribution is -0.115. The van der Waals surface area contributed by atoms with E-state index in [9.17, 15) is 10.1 Å². The summed E-state index contributed by atoms with van der Waals surface area (Å²) in [4.78, 5) is 16.1. The summed E-state index contributed by atoms with van der Waals surface area (Å²) in [6, 6.07) is 8.77. The molecule has 1 aromatic heterocycles. The lowest BCUT2D eigenvalue weighted by Gasteiger charge is -2.31. The van der Waals surface area contributed by atoms with Gasteiger partial charge in [0.05, 0.1) is 12.1 Å². The average Bonchev–Trinajstić information content (AvgIpc) is 2.98. The highest BCUT2D eigenvalue weighted by molar-refractivity contribution is 7.16. The monoisotopic (exact) mass is 365 g/mol. The Balaban J connectivity index is 1.51. The number of fused-ring (bicyclic) bond motifs is 2. The van der Waals surface area contributed by atoms with Gasteiger partial charge in [-0.15, -0.1) is 11.3 Å². The van der Waals surface area contributed by atoms with Gasteiger partial charge in [-0.25, -0.2) is 0 Å². The van der Waals surface area contributed by atoms with Gasteiger partial charge in [-0.2, -0.15) is 5.26 Å². The maximum atomic E-state index is 12.7. The van der Waals surface area contributed by atoms with Crippen LogP contribution in [0.4, 0.5) is 10.7 Å². The highest BCUT2D eigenvalue weighted by atomic mass is 32.1. The Kier molecular flexibility index (Phi) is 4.69. The van der Waals surface area contributed by atoms with Crippen molar-refractivity contribution in [3.8, 4) is 6.07 Å². The van der Waals surface area contributed by atoms with Crippen LogP contribution in [-0.4, -0.2) is 19.0 Å². The summed E-state index contributed by atoms with van der Waals surface area (Å²) in [6.45, 7) is 3.34. The van der Waals surface area contributed by atoms with Crippen LogP contribution in [0.2, 0.25) is 0 Å². The first-order valence-electron chi connectivity index (χ1n) is 9.34. The quantitative estimate of drug-likeness (QED) is 0.887. The standard InChI is InChI=1S/C21H23N3OS/c1-14-8-9-18-15(11-14)5-4-10-24(18)13-20(25)23-21-17(12-22)16-6-2-3-7-19(16)26-21/h8-9,11H,2-7,10,13H2,1H3,(H,23,25). The Bertz CT molecular complexity index is 893. The molecule has 0 radical (unpaired) electrons. The molecule has 1 N–H and O–H groups in total. The molecule has 0 bridgehead atoms. The molecule has 1 aliphatic heterocycles. The molecule has 0 fully saturated rings. The summed E-state index contributed by atoms with van der Waals surface area (Å²) in [7, 11) is 0. The van der Waals surface area contributed by atoms with Crippen LogP contribution in [0.15, 0.2) is 18.2 Å². The third kappa shape index (κ3) is 3.22. The van der Waals surface area contributed by atoms with Crippen LogP contribution in [0.5, 0.6) is 0 Å². The van der Waals surface area contributed by atoms with Gasteiger partial charge >= 0.3 is 0 Å². The van der Waals surface area contributed by atoms with Crippen molar-refractivity contribution in [1.29, 1.82) is 5.26 Å². The number of nitrogens with zero attached hydrogens (tertiary/aromatic N) is 2. The molecule has 4 rings (SSSR count). The van der Waals surface area contributed by atoms with Crippen LogP contribution in [-0.2, 0) is 24.1 Å². The summed E-state index contributed by atoms with van der Waals surface area (Å²) in [5.41, 5.74) is 5.61. The van der Waals surface area contributed by atoms with Crippen LogP contribution in [0.25, 0.3) is 0 Å². The Morgan fingerprint density at radius 3 is 2.96 bits per heavy atom. The molecule has 1 aromatic carbocycles. The summed E-state index contributed by atoms with van der Waals surface area (Å²) in [5.74, 6) is -0.0338. The molecule has 0 spiro atoms. The fourth-order valence-corrected chi connectivity index (χ4v) is 5.34. The number of anilines is 2. The van der Waals surface area contributed by atoms with Gasteiger partial charge in [0, 0.05) is 17.1 Å². The van der Waals surface area contributed by atoms with E-state index in [1.54, 1.807) is 11.3 Å². The van der Waals surface area contributed by atoms with Gasteiger partial charge in [0.15, 0.2) is 0 Å². The Labute approximate surface area is 158 Å². The molecule has 1 amide bonds. The van der Waals surface area contributed by atoms with Crippen LogP contribution in [0, 0.1) is 18.3 Å². The predicted molar refractivity (Wildman–Crippen MR) is 106 cm³/mol. The number of benzene rings is 1. The van der Waals surface area contributed by atoms with Gasteiger partial charge in [-0.05, 0) is 62.6 Å². The average molecular weight is 366 g/mol. The van der Waals surface area contributed by atoms with Crippen molar-refractivity contribution >= 4 is 27.9 Å². The van der Waals surface area contributed by atoms with Gasteiger partial charge in [0.2, 0.25) is 5.91 Å². The van der Waals surface area contributed by atoms with E-state index in [1.807, 2.05) is 0 Å². The minimum atomic E-state index is -0.0338. The molecule has 0 unspecified atom stereocenters. The second-order valence-corrected chi connectivity index (χ2v) is 8.34. The number of nitrogens with one attached hydrogen (secondary N) is 1. The van der Waals surface area contributed by atoms with Crippen molar-refractivity contribution in [1.82, 2.24) is 0 Å². The van der Waals surface area contributed by atoms with Crippen molar-refractivity contribution in [2.45, 2.75) is 45.4 Å². The smallest absolute Gasteiger partial charge is 0.244 e. The number of aryl methyl sites for hydroxylation is 3. The zero-order valence-electron chi connectivity index (χ0n) is 15.1. The van der Waals surface area contributed by atoms with Crippen molar-refractivity contribution in [3.63, 3.8) is 0 Å². The third-order valence-electron chi connectivity index (χ3n) is 5.32. The number of rotatable bonds is 3. The lowest BCUT2D eigenvalue weighted by Crippen LogP contribution is -2.36. The number of thiophene rings is 1. The first-order chi connectivity index (χ1) is 12.7. The maximum Gasteiger partial charge on any atom is 0.244 e. The minimum Gasteiger partial charge on any atom is -0.362 e. The molecule has 2 heterocycles. The largest absolute Gasteiger partial charge is 0.362 e. The SMILES string of the molecule is Cc1ccc2c(c1)CCCN2CC(=O)Nc1sc2c(c1C#N)CCCC2. The number of carbonyl (C=O) groups excluding carboxylic acids is 1. The van der Waals surface area contributed by atoms with Crippen LogP contribution < -0.4 is 10.2 Å². The fraction of sp³-hybridized carbons (Fsp3) is 0.429. The van der Waals surface area contributed by atoms with Crippen molar-refractivity contribution in [3.05, 3.63) is 45.3 Å². The highest BCUT2D eigenvalue weighted by Gasteiger charge is 2.23. The van der Waals surface area contributed by atoms with Gasteiger partial charge in [0.25, 0.3) is 0 Å². The molecular formula is C21H23N3OS. The maximum absolute atomic E-state index is 12.7. The van der Waals surface area contributed by atoms with Gasteiger partial charge in [-0.1, -0.05) is 17.7 Å². The second-order valence-electron chi connectivity index (χ2n) is 7.23. The van der Waals surface area contributed by atoms with Crippen molar-refractivity contribution < 1.29 is 4.79 Å². The molecule has 4 nitrogen and oxygen atoms in total. The van der Waals surface area contributed by atoms with Gasteiger partial charge in [-0.3, -0.25) is 4.79 Å². The Hall–Kier alpha value is -2.32. The van der Waals surface area contributed by atoms with Gasteiger partial charge in [0.1, 0.15) is 11.1 Å². The summed E-state index contributed by atoms with van der Waals surface area (Å²) < 4.78 is 0. The normalized spacial score (nSPS) is 15.8. The molecule has 2 aliphatic rings. The molecule has 26 heavy (non-hydrogen) atoms. The number of carbonyl (C=O) groups is 1. The third-order valence-corrected chi connectivity index (χ3v) is 6.53. The molecule has 5 heteroatoms. The fourth-order valence-electron chi connectivity index (χ4n) is 4.08. The van der Waals surface area contributed by atoms with E-state index in [0.29, 0.717) is 12.1 Å². The summed E-state index contributed by atoms with van der Waals surface area (Å²) in [5, 5.41) is 13.3. The van der Waals surface area contributed by atoms with Crippen molar-refractivity contribution in [2.24, 2.45) is 0 Å². The van der Waals surface area contributed by atoms with E-state index in [4.69, 9.17) is 0 Å².